The second kappa shape index (κ2) is 9.28. The minimum absolute atomic E-state index is 0.101. The van der Waals surface area contributed by atoms with Crippen LogP contribution in [0.3, 0.4) is 0 Å². The van der Waals surface area contributed by atoms with Gasteiger partial charge in [-0.05, 0) is 58.9 Å². The van der Waals surface area contributed by atoms with Crippen LogP contribution in [0.4, 0.5) is 0 Å². The van der Waals surface area contributed by atoms with Gasteiger partial charge in [0.25, 0.3) is 0 Å². The number of aromatic hydroxyl groups is 1. The van der Waals surface area contributed by atoms with E-state index in [-0.39, 0.29) is 11.6 Å². The summed E-state index contributed by atoms with van der Waals surface area (Å²) in [5.41, 5.74) is 13.4. The number of aryl methyl sites for hydroxylation is 1. The van der Waals surface area contributed by atoms with Gasteiger partial charge in [-0.25, -0.2) is 0 Å². The summed E-state index contributed by atoms with van der Waals surface area (Å²) in [4.78, 5) is 0. The summed E-state index contributed by atoms with van der Waals surface area (Å²) < 4.78 is 0. The molecular formula is C25H28N2O2. The van der Waals surface area contributed by atoms with Crippen LogP contribution in [0.25, 0.3) is 22.3 Å². The van der Waals surface area contributed by atoms with Gasteiger partial charge in [-0.3, -0.25) is 0 Å². The highest BCUT2D eigenvalue weighted by molar-refractivity contribution is 6.07. The first-order valence-electron chi connectivity index (χ1n) is 10.1. The molecule has 0 bridgehead atoms. The monoisotopic (exact) mass is 388 g/mol. The summed E-state index contributed by atoms with van der Waals surface area (Å²) in [5.74, 6) is 0.331. The number of amidine groups is 1. The first kappa shape index (κ1) is 20.5. The second-order valence-electron chi connectivity index (χ2n) is 7.21. The lowest BCUT2D eigenvalue weighted by molar-refractivity contribution is 0.318. The van der Waals surface area contributed by atoms with Gasteiger partial charge in [-0.1, -0.05) is 74.3 Å². The largest absolute Gasteiger partial charge is 0.508 e. The minimum atomic E-state index is 0.101. The lowest BCUT2D eigenvalue weighted by Crippen LogP contribution is -2.17. The van der Waals surface area contributed by atoms with Crippen molar-refractivity contribution >= 4 is 5.84 Å². The molecule has 3 aromatic carbocycles. The zero-order valence-electron chi connectivity index (χ0n) is 17.0. The SMILES string of the molecule is CCCc1cc(/C(N)=N/O)c(-c2ccccc2)c(-c2ccc(O)cc2)c1CCC. The van der Waals surface area contributed by atoms with Crippen molar-refractivity contribution in [1.82, 2.24) is 0 Å². The molecule has 0 saturated carbocycles. The van der Waals surface area contributed by atoms with Gasteiger partial charge in [0.15, 0.2) is 5.84 Å². The van der Waals surface area contributed by atoms with E-state index < -0.39 is 0 Å². The number of benzene rings is 3. The molecule has 0 radical (unpaired) electrons. The first-order valence-corrected chi connectivity index (χ1v) is 10.1. The van der Waals surface area contributed by atoms with E-state index >= 15 is 0 Å². The maximum atomic E-state index is 9.81. The fraction of sp³-hybridized carbons (Fsp3) is 0.240. The molecule has 0 spiro atoms. The van der Waals surface area contributed by atoms with E-state index in [1.165, 1.54) is 11.1 Å². The maximum Gasteiger partial charge on any atom is 0.170 e. The van der Waals surface area contributed by atoms with Gasteiger partial charge in [0, 0.05) is 11.1 Å². The third-order valence-electron chi connectivity index (χ3n) is 5.15. The van der Waals surface area contributed by atoms with E-state index in [1.54, 1.807) is 12.1 Å². The van der Waals surface area contributed by atoms with Crippen LogP contribution in [0, 0.1) is 0 Å². The predicted octanol–water partition coefficient (Wildman–Crippen LogP) is 5.73. The van der Waals surface area contributed by atoms with Crippen molar-refractivity contribution < 1.29 is 10.3 Å². The Bertz CT molecular complexity index is 994. The summed E-state index contributed by atoms with van der Waals surface area (Å²) in [6.45, 7) is 4.33. The molecule has 0 aromatic heterocycles. The summed E-state index contributed by atoms with van der Waals surface area (Å²) in [6, 6.07) is 19.4. The Balaban J connectivity index is 2.47. The summed E-state index contributed by atoms with van der Waals surface area (Å²) in [5, 5.41) is 22.6. The highest BCUT2D eigenvalue weighted by Crippen LogP contribution is 2.41. The average Bonchev–Trinajstić information content (AvgIpc) is 2.75. The molecule has 4 nitrogen and oxygen atoms in total. The molecule has 0 unspecified atom stereocenters. The van der Waals surface area contributed by atoms with Crippen molar-refractivity contribution in [1.29, 1.82) is 0 Å². The first-order chi connectivity index (χ1) is 14.1. The molecule has 0 aliphatic rings. The number of hydrogen-bond donors (Lipinski definition) is 3. The fourth-order valence-corrected chi connectivity index (χ4v) is 3.91. The van der Waals surface area contributed by atoms with Crippen molar-refractivity contribution in [2.24, 2.45) is 10.9 Å². The van der Waals surface area contributed by atoms with Gasteiger partial charge in [0.05, 0.1) is 0 Å². The van der Waals surface area contributed by atoms with Gasteiger partial charge < -0.3 is 16.0 Å². The standard InChI is InChI=1S/C25H28N2O2/c1-3-8-19-16-22(25(26)27-29)24(17-10-6-5-7-11-17)23(21(19)9-4-2)18-12-14-20(28)15-13-18/h5-7,10-16,28-29H,3-4,8-9H2,1-2H3,(H2,26,27). The lowest BCUT2D eigenvalue weighted by Gasteiger charge is -2.23. The van der Waals surface area contributed by atoms with Crippen molar-refractivity contribution in [3.8, 4) is 28.0 Å². The van der Waals surface area contributed by atoms with Crippen molar-refractivity contribution in [3.63, 3.8) is 0 Å². The van der Waals surface area contributed by atoms with Crippen molar-refractivity contribution in [2.75, 3.05) is 0 Å². The molecule has 0 heterocycles. The third kappa shape index (κ3) is 4.27. The third-order valence-corrected chi connectivity index (χ3v) is 5.15. The van der Waals surface area contributed by atoms with Crippen LogP contribution in [-0.2, 0) is 12.8 Å². The summed E-state index contributed by atoms with van der Waals surface area (Å²) >= 11 is 0. The maximum absolute atomic E-state index is 9.81. The summed E-state index contributed by atoms with van der Waals surface area (Å²) in [6.07, 6.45) is 3.87. The van der Waals surface area contributed by atoms with Gasteiger partial charge in [0.2, 0.25) is 0 Å². The Morgan fingerprint density at radius 1 is 0.862 bits per heavy atom. The number of hydrogen-bond acceptors (Lipinski definition) is 3. The molecular weight excluding hydrogens is 360 g/mol. The number of rotatable bonds is 7. The van der Waals surface area contributed by atoms with Crippen LogP contribution in [0.2, 0.25) is 0 Å². The Kier molecular flexibility index (Phi) is 6.55. The van der Waals surface area contributed by atoms with E-state index in [0.717, 1.165) is 53.5 Å². The number of phenols is 1. The van der Waals surface area contributed by atoms with E-state index in [9.17, 15) is 10.3 Å². The minimum Gasteiger partial charge on any atom is -0.508 e. The highest BCUT2D eigenvalue weighted by Gasteiger charge is 2.22. The number of nitrogens with zero attached hydrogens (tertiary/aromatic N) is 1. The van der Waals surface area contributed by atoms with E-state index in [1.807, 2.05) is 42.5 Å². The Hall–Kier alpha value is -3.27. The van der Waals surface area contributed by atoms with Crippen LogP contribution < -0.4 is 5.73 Å². The van der Waals surface area contributed by atoms with Crippen molar-refractivity contribution in [3.05, 3.63) is 77.4 Å². The number of nitrogens with two attached hydrogens (primary N) is 1. The molecule has 0 atom stereocenters. The number of oxime groups is 1. The molecule has 150 valence electrons. The zero-order chi connectivity index (χ0) is 20.8. The molecule has 29 heavy (non-hydrogen) atoms. The predicted molar refractivity (Wildman–Crippen MR) is 119 cm³/mol. The Labute approximate surface area is 172 Å². The summed E-state index contributed by atoms with van der Waals surface area (Å²) in [7, 11) is 0. The zero-order valence-corrected chi connectivity index (χ0v) is 17.0. The quantitative estimate of drug-likeness (QED) is 0.209. The molecule has 0 amide bonds. The van der Waals surface area contributed by atoms with Gasteiger partial charge >= 0.3 is 0 Å². The number of phenolic OH excluding ortho intramolecular Hbond substituents is 1. The second-order valence-corrected chi connectivity index (χ2v) is 7.21. The molecule has 3 rings (SSSR count). The van der Waals surface area contributed by atoms with Crippen molar-refractivity contribution in [2.45, 2.75) is 39.5 Å². The molecule has 0 aliphatic carbocycles. The molecule has 4 N–H and O–H groups in total. The van der Waals surface area contributed by atoms with Gasteiger partial charge in [-0.2, -0.15) is 0 Å². The molecule has 3 aromatic rings. The Morgan fingerprint density at radius 2 is 1.48 bits per heavy atom. The molecule has 4 heteroatoms. The van der Waals surface area contributed by atoms with Gasteiger partial charge in [-0.15, -0.1) is 0 Å². The van der Waals surface area contributed by atoms with E-state index in [4.69, 9.17) is 5.73 Å². The van der Waals surface area contributed by atoms with E-state index in [0.29, 0.717) is 0 Å². The molecule has 0 aliphatic heterocycles. The van der Waals surface area contributed by atoms with Crippen LogP contribution in [0.1, 0.15) is 43.4 Å². The van der Waals surface area contributed by atoms with Gasteiger partial charge in [0.1, 0.15) is 5.75 Å². The Morgan fingerprint density at radius 3 is 2.07 bits per heavy atom. The molecule has 0 fully saturated rings. The average molecular weight is 389 g/mol. The highest BCUT2D eigenvalue weighted by atomic mass is 16.4. The molecule has 0 saturated heterocycles. The van der Waals surface area contributed by atoms with E-state index in [2.05, 4.69) is 25.1 Å². The van der Waals surface area contributed by atoms with Crippen LogP contribution in [0.5, 0.6) is 5.75 Å². The van der Waals surface area contributed by atoms with Crippen LogP contribution >= 0.6 is 0 Å². The smallest absolute Gasteiger partial charge is 0.170 e. The van der Waals surface area contributed by atoms with Crippen LogP contribution in [0.15, 0.2) is 65.8 Å². The topological polar surface area (TPSA) is 78.8 Å². The normalized spacial score (nSPS) is 11.6. The van der Waals surface area contributed by atoms with Crippen LogP contribution in [-0.4, -0.2) is 16.1 Å². The lowest BCUT2D eigenvalue weighted by atomic mass is 9.81. The fourth-order valence-electron chi connectivity index (χ4n) is 3.91.